The summed E-state index contributed by atoms with van der Waals surface area (Å²) in [4.78, 5) is 31.9. The quantitative estimate of drug-likeness (QED) is 0.656. The van der Waals surface area contributed by atoms with Crippen LogP contribution in [-0.4, -0.2) is 45.4 Å². The molecule has 0 saturated carbocycles. The standard InChI is InChI=1S/C10H13N7O/c1-10(13-4-5-14-10)7(18)8-15-6(2-3-11)16-9(12)17-8/h4-5H,2-3,11H2,1H3,(H2,12,15,16,17). The predicted octanol–water partition coefficient (Wildman–Crippen LogP) is -0.991. The maximum absolute atomic E-state index is 12.2. The summed E-state index contributed by atoms with van der Waals surface area (Å²) in [5, 5.41) is 0. The van der Waals surface area contributed by atoms with Gasteiger partial charge in [0, 0.05) is 18.9 Å². The van der Waals surface area contributed by atoms with Crippen LogP contribution >= 0.6 is 0 Å². The second-order valence-corrected chi connectivity index (χ2v) is 3.88. The number of nitrogens with two attached hydrogens (primary N) is 2. The summed E-state index contributed by atoms with van der Waals surface area (Å²) in [6.07, 6.45) is 3.35. The average molecular weight is 247 g/mol. The zero-order valence-corrected chi connectivity index (χ0v) is 9.87. The molecule has 0 spiro atoms. The van der Waals surface area contributed by atoms with Crippen LogP contribution in [0.1, 0.15) is 23.4 Å². The Labute approximate surface area is 103 Å². The van der Waals surface area contributed by atoms with Gasteiger partial charge in [0.15, 0.2) is 0 Å². The summed E-state index contributed by atoms with van der Waals surface area (Å²) >= 11 is 0. The number of Topliss-reactive ketones (excluding diaryl/α,β-unsaturated/α-hetero) is 1. The summed E-state index contributed by atoms with van der Waals surface area (Å²) in [6.45, 7) is 1.95. The van der Waals surface area contributed by atoms with E-state index < -0.39 is 11.4 Å². The van der Waals surface area contributed by atoms with Gasteiger partial charge in [0.1, 0.15) is 5.82 Å². The first-order chi connectivity index (χ1) is 8.55. The molecule has 0 atom stereocenters. The van der Waals surface area contributed by atoms with Gasteiger partial charge in [-0.25, -0.2) is 4.98 Å². The van der Waals surface area contributed by atoms with E-state index in [1.165, 1.54) is 12.4 Å². The molecule has 2 heterocycles. The summed E-state index contributed by atoms with van der Waals surface area (Å²) in [6, 6.07) is 0. The molecule has 1 aliphatic heterocycles. The van der Waals surface area contributed by atoms with Gasteiger partial charge in [0.2, 0.25) is 23.2 Å². The van der Waals surface area contributed by atoms with Gasteiger partial charge < -0.3 is 11.5 Å². The number of ketones is 1. The van der Waals surface area contributed by atoms with E-state index in [-0.39, 0.29) is 11.8 Å². The highest BCUT2D eigenvalue weighted by molar-refractivity contribution is 6.20. The first-order valence-corrected chi connectivity index (χ1v) is 5.39. The number of hydrogen-bond acceptors (Lipinski definition) is 8. The highest BCUT2D eigenvalue weighted by atomic mass is 16.1. The van der Waals surface area contributed by atoms with Crippen LogP contribution in [-0.2, 0) is 6.42 Å². The molecule has 0 fully saturated rings. The summed E-state index contributed by atoms with van der Waals surface area (Å²) in [5.41, 5.74) is 9.75. The van der Waals surface area contributed by atoms with E-state index in [4.69, 9.17) is 11.5 Å². The fraction of sp³-hybridized carbons (Fsp3) is 0.400. The molecule has 0 saturated heterocycles. The number of nitrogens with zero attached hydrogens (tertiary/aromatic N) is 5. The minimum Gasteiger partial charge on any atom is -0.368 e. The van der Waals surface area contributed by atoms with E-state index in [9.17, 15) is 4.79 Å². The molecule has 0 bridgehead atoms. The molecule has 1 aromatic rings. The van der Waals surface area contributed by atoms with Crippen LogP contribution in [0.15, 0.2) is 9.98 Å². The summed E-state index contributed by atoms with van der Waals surface area (Å²) in [7, 11) is 0. The lowest BCUT2D eigenvalue weighted by molar-refractivity contribution is 0.0900. The smallest absolute Gasteiger partial charge is 0.249 e. The summed E-state index contributed by atoms with van der Waals surface area (Å²) < 4.78 is 0. The number of hydrogen-bond donors (Lipinski definition) is 2. The molecular formula is C10H13N7O. The number of aromatic nitrogens is 3. The molecule has 8 heteroatoms. The first kappa shape index (κ1) is 12.2. The van der Waals surface area contributed by atoms with Crippen molar-refractivity contribution in [2.75, 3.05) is 12.3 Å². The van der Waals surface area contributed by atoms with Crippen LogP contribution in [0.3, 0.4) is 0 Å². The van der Waals surface area contributed by atoms with Crippen LogP contribution in [0, 0.1) is 0 Å². The molecule has 18 heavy (non-hydrogen) atoms. The van der Waals surface area contributed by atoms with E-state index in [0.717, 1.165) is 0 Å². The fourth-order valence-electron chi connectivity index (χ4n) is 1.50. The predicted molar refractivity (Wildman–Crippen MR) is 66.7 cm³/mol. The zero-order chi connectivity index (χ0) is 13.2. The molecule has 0 radical (unpaired) electrons. The molecule has 0 amide bonds. The van der Waals surface area contributed by atoms with Gasteiger partial charge in [-0.3, -0.25) is 14.8 Å². The van der Waals surface area contributed by atoms with Crippen molar-refractivity contribution < 1.29 is 4.79 Å². The van der Waals surface area contributed by atoms with Crippen molar-refractivity contribution in [2.24, 2.45) is 15.7 Å². The van der Waals surface area contributed by atoms with Gasteiger partial charge in [-0.05, 0) is 13.5 Å². The second kappa shape index (κ2) is 4.57. The van der Waals surface area contributed by atoms with Crippen molar-refractivity contribution in [1.82, 2.24) is 15.0 Å². The van der Waals surface area contributed by atoms with Gasteiger partial charge in [-0.15, -0.1) is 0 Å². The lowest BCUT2D eigenvalue weighted by Gasteiger charge is -2.14. The molecule has 8 nitrogen and oxygen atoms in total. The third kappa shape index (κ3) is 2.23. The van der Waals surface area contributed by atoms with Gasteiger partial charge in [-0.1, -0.05) is 0 Å². The Hall–Kier alpha value is -2.22. The highest BCUT2D eigenvalue weighted by Crippen LogP contribution is 2.19. The molecule has 0 aromatic carbocycles. The van der Waals surface area contributed by atoms with Crippen molar-refractivity contribution in [2.45, 2.75) is 19.0 Å². The second-order valence-electron chi connectivity index (χ2n) is 3.88. The monoisotopic (exact) mass is 247 g/mol. The minimum atomic E-state index is -1.20. The van der Waals surface area contributed by atoms with Crippen LogP contribution in [0.4, 0.5) is 5.95 Å². The lowest BCUT2D eigenvalue weighted by atomic mass is 10.1. The zero-order valence-electron chi connectivity index (χ0n) is 9.87. The van der Waals surface area contributed by atoms with Crippen LogP contribution in [0.2, 0.25) is 0 Å². The van der Waals surface area contributed by atoms with Crippen molar-refractivity contribution in [1.29, 1.82) is 0 Å². The van der Waals surface area contributed by atoms with Crippen LogP contribution in [0.25, 0.3) is 0 Å². The fourth-order valence-corrected chi connectivity index (χ4v) is 1.50. The third-order valence-corrected chi connectivity index (χ3v) is 2.42. The third-order valence-electron chi connectivity index (χ3n) is 2.42. The van der Waals surface area contributed by atoms with Gasteiger partial charge in [-0.2, -0.15) is 9.97 Å². The summed E-state index contributed by atoms with van der Waals surface area (Å²) in [5.74, 6) is -0.0706. The molecule has 94 valence electrons. The van der Waals surface area contributed by atoms with E-state index >= 15 is 0 Å². The van der Waals surface area contributed by atoms with Crippen molar-refractivity contribution in [3.05, 3.63) is 11.6 Å². The normalized spacial score (nSPS) is 16.1. The maximum Gasteiger partial charge on any atom is 0.249 e. The molecule has 1 aliphatic rings. The molecular weight excluding hydrogens is 234 g/mol. The van der Waals surface area contributed by atoms with Gasteiger partial charge >= 0.3 is 0 Å². The van der Waals surface area contributed by atoms with Crippen molar-refractivity contribution in [3.8, 4) is 0 Å². The molecule has 2 rings (SSSR count). The van der Waals surface area contributed by atoms with E-state index in [2.05, 4.69) is 24.9 Å². The van der Waals surface area contributed by atoms with Gasteiger partial charge in [0.25, 0.3) is 0 Å². The van der Waals surface area contributed by atoms with Crippen LogP contribution in [0.5, 0.6) is 0 Å². The molecule has 4 N–H and O–H groups in total. The number of carbonyl (C=O) groups excluding carboxylic acids is 1. The topological polar surface area (TPSA) is 132 Å². The Balaban J connectivity index is 2.36. The number of carbonyl (C=O) groups is 1. The van der Waals surface area contributed by atoms with E-state index in [1.807, 2.05) is 0 Å². The number of aliphatic imine (C=N–C) groups is 2. The molecule has 1 aromatic heterocycles. The Bertz CT molecular complexity index is 525. The largest absolute Gasteiger partial charge is 0.368 e. The Kier molecular flexibility index (Phi) is 3.11. The molecule has 0 unspecified atom stereocenters. The Morgan fingerprint density at radius 3 is 2.56 bits per heavy atom. The number of nitrogen functional groups attached to an aromatic ring is 1. The van der Waals surface area contributed by atoms with E-state index in [1.54, 1.807) is 6.92 Å². The van der Waals surface area contributed by atoms with Crippen molar-refractivity contribution in [3.63, 3.8) is 0 Å². The Morgan fingerprint density at radius 1 is 1.28 bits per heavy atom. The SMILES string of the molecule is CC1(C(=O)c2nc(N)nc(CCN)n2)N=CC=N1. The Morgan fingerprint density at radius 2 is 1.94 bits per heavy atom. The molecule has 0 aliphatic carbocycles. The number of rotatable bonds is 4. The van der Waals surface area contributed by atoms with Crippen LogP contribution < -0.4 is 11.5 Å². The first-order valence-electron chi connectivity index (χ1n) is 5.39. The van der Waals surface area contributed by atoms with Crippen molar-refractivity contribution >= 4 is 24.2 Å². The number of anilines is 1. The van der Waals surface area contributed by atoms with Gasteiger partial charge in [0.05, 0.1) is 0 Å². The highest BCUT2D eigenvalue weighted by Gasteiger charge is 2.36. The van der Waals surface area contributed by atoms with E-state index in [0.29, 0.717) is 18.8 Å². The minimum absolute atomic E-state index is 0.00800. The lowest BCUT2D eigenvalue weighted by Crippen LogP contribution is -2.31. The maximum atomic E-state index is 12.2. The average Bonchev–Trinajstić information content (AvgIpc) is 2.76.